The smallest absolute Gasteiger partial charge is 0.306 e. The topological polar surface area (TPSA) is 94.1 Å². The number of quaternary nitrogens is 1. The Balaban J connectivity index is 4.39. The van der Waals surface area contributed by atoms with Crippen LogP contribution in [-0.4, -0.2) is 64.1 Å². The lowest BCUT2D eigenvalue weighted by Crippen LogP contribution is -2.37. The number of nitrogens with zero attached hydrogens (tertiary/aromatic N) is 1. The minimum absolute atomic E-state index is 0.00294. The van der Waals surface area contributed by atoms with Crippen molar-refractivity contribution < 1.29 is 37.3 Å². The van der Waals surface area contributed by atoms with Gasteiger partial charge in [0.1, 0.15) is 19.8 Å². The van der Waals surface area contributed by atoms with Gasteiger partial charge in [0.25, 0.3) is 7.82 Å². The van der Waals surface area contributed by atoms with E-state index in [4.69, 9.17) is 18.5 Å². The van der Waals surface area contributed by atoms with Crippen molar-refractivity contribution in [2.24, 2.45) is 0 Å². The van der Waals surface area contributed by atoms with E-state index >= 15 is 0 Å². The average Bonchev–Trinajstić information content (AvgIpc) is 3.13. The van der Waals surface area contributed by atoms with Gasteiger partial charge in [-0.15, -0.1) is 0 Å². The minimum Gasteiger partial charge on any atom is -0.756 e. The van der Waals surface area contributed by atoms with Crippen molar-refractivity contribution in [1.82, 2.24) is 0 Å². The van der Waals surface area contributed by atoms with Gasteiger partial charge in [-0.05, 0) is 63.9 Å². The van der Waals surface area contributed by atoms with Gasteiger partial charge in [0, 0.05) is 6.42 Å². The molecule has 8 nitrogen and oxygen atoms in total. The minimum atomic E-state index is -4.56. The summed E-state index contributed by atoms with van der Waals surface area (Å²) in [4.78, 5) is 25.0. The molecule has 0 aromatic heterocycles. The third-order valence-electron chi connectivity index (χ3n) is 9.14. The second-order valence-corrected chi connectivity index (χ2v) is 17.2. The molecule has 1 unspecified atom stereocenters. The van der Waals surface area contributed by atoms with E-state index in [2.05, 4.69) is 62.5 Å². The molecule has 55 heavy (non-hydrogen) atoms. The van der Waals surface area contributed by atoms with E-state index in [1.165, 1.54) is 109 Å². The summed E-state index contributed by atoms with van der Waals surface area (Å²) in [5, 5.41) is 0. The Morgan fingerprint density at radius 2 is 1.02 bits per heavy atom. The van der Waals surface area contributed by atoms with Crippen LogP contribution in [0.2, 0.25) is 0 Å². The fourth-order valence-corrected chi connectivity index (χ4v) is 6.41. The zero-order valence-corrected chi connectivity index (χ0v) is 37.0. The van der Waals surface area contributed by atoms with Crippen LogP contribution in [0.25, 0.3) is 0 Å². The number of unbranched alkanes of at least 4 members (excludes halogenated alkanes) is 18. The third-order valence-corrected chi connectivity index (χ3v) is 10.1. The molecule has 0 N–H and O–H groups in total. The average molecular weight is 794 g/mol. The van der Waals surface area contributed by atoms with Gasteiger partial charge in [-0.25, -0.2) is 0 Å². The molecule has 0 aromatic carbocycles. The Kier molecular flexibility index (Phi) is 37.5. The molecule has 0 aliphatic heterocycles. The molecule has 2 atom stereocenters. The first kappa shape index (κ1) is 53.0. The molecule has 0 fully saturated rings. The maximum absolute atomic E-state index is 12.6. The van der Waals surface area contributed by atoms with Crippen LogP contribution in [-0.2, 0) is 27.9 Å². The van der Waals surface area contributed by atoms with E-state index in [0.29, 0.717) is 17.4 Å². The van der Waals surface area contributed by atoms with E-state index < -0.39 is 19.9 Å². The van der Waals surface area contributed by atoms with Gasteiger partial charge in [-0.3, -0.25) is 9.36 Å². The summed E-state index contributed by atoms with van der Waals surface area (Å²) in [6.45, 7) is 4.64. The third kappa shape index (κ3) is 43.0. The standard InChI is InChI=1S/C46H84NO7P/c1-6-8-10-12-14-16-18-20-22-24-25-27-29-31-33-35-37-39-46(48)54-45(44-53-55(49,50)52-42-40-47(3,4)5)43-51-41-38-36-34-32-30-28-26-23-21-19-17-15-13-11-9-7-2/h14,16,20,22,25,27,31,33,38,41,45H,6-13,15,17-19,21,23-24,26,28-30,32,34-37,39-40,42-44H2,1-5H3/b16-14+,22-20+,27-25+,33-31+,41-38+/t45-/m1/s1. The number of carbonyl (C=O) groups excluding carboxylic acids is 1. The van der Waals surface area contributed by atoms with Gasteiger partial charge < -0.3 is 27.9 Å². The molecule has 0 saturated heterocycles. The van der Waals surface area contributed by atoms with Crippen LogP contribution in [0, 0.1) is 0 Å². The van der Waals surface area contributed by atoms with Crippen LogP contribution in [0.1, 0.15) is 174 Å². The van der Waals surface area contributed by atoms with Crippen molar-refractivity contribution in [3.05, 3.63) is 60.9 Å². The monoisotopic (exact) mass is 794 g/mol. The van der Waals surface area contributed by atoms with Crippen LogP contribution >= 0.6 is 7.82 Å². The van der Waals surface area contributed by atoms with Gasteiger partial charge in [-0.2, -0.15) is 0 Å². The Labute approximate surface area is 339 Å². The SMILES string of the molecule is CCCCC/C=C/C/C=C/C/C=C/C/C=C/CCCC(=O)O[C@H](CO/C=C/CCCCCCCCCCCCCCCC)COP(=O)([O-])OCC[N+](C)(C)C. The maximum atomic E-state index is 12.6. The Morgan fingerprint density at radius 3 is 1.55 bits per heavy atom. The molecule has 9 heteroatoms. The highest BCUT2D eigenvalue weighted by Gasteiger charge is 2.20. The highest BCUT2D eigenvalue weighted by molar-refractivity contribution is 7.45. The first-order chi connectivity index (χ1) is 26.6. The largest absolute Gasteiger partial charge is 0.756 e. The number of ether oxygens (including phenoxy) is 2. The molecule has 0 heterocycles. The van der Waals surface area contributed by atoms with Gasteiger partial charge in [0.15, 0.2) is 6.10 Å². The molecule has 0 amide bonds. The lowest BCUT2D eigenvalue weighted by Gasteiger charge is -2.28. The first-order valence-corrected chi connectivity index (χ1v) is 23.5. The number of phosphoric acid groups is 1. The number of rotatable bonds is 40. The molecule has 0 aromatic rings. The van der Waals surface area contributed by atoms with Crippen LogP contribution in [0.15, 0.2) is 60.9 Å². The van der Waals surface area contributed by atoms with Gasteiger partial charge in [0.2, 0.25) is 0 Å². The molecule has 0 aliphatic rings. The molecule has 0 spiro atoms. The number of allylic oxidation sites excluding steroid dienone is 9. The molecule has 0 radical (unpaired) electrons. The van der Waals surface area contributed by atoms with E-state index in [0.717, 1.165) is 38.5 Å². The number of carbonyl (C=O) groups is 1. The second-order valence-electron chi connectivity index (χ2n) is 15.8. The first-order valence-electron chi connectivity index (χ1n) is 22.1. The van der Waals surface area contributed by atoms with Crippen molar-refractivity contribution in [3.8, 4) is 0 Å². The van der Waals surface area contributed by atoms with Crippen molar-refractivity contribution in [2.45, 2.75) is 180 Å². The summed E-state index contributed by atoms with van der Waals surface area (Å²) >= 11 is 0. The summed E-state index contributed by atoms with van der Waals surface area (Å²) in [6, 6.07) is 0. The second kappa shape index (κ2) is 38.9. The summed E-state index contributed by atoms with van der Waals surface area (Å²) in [5.74, 6) is -0.411. The Bertz CT molecular complexity index is 1060. The van der Waals surface area contributed by atoms with E-state index in [-0.39, 0.29) is 26.2 Å². The highest BCUT2D eigenvalue weighted by Crippen LogP contribution is 2.38. The van der Waals surface area contributed by atoms with Crippen molar-refractivity contribution >= 4 is 13.8 Å². The zero-order valence-electron chi connectivity index (χ0n) is 36.1. The summed E-state index contributed by atoms with van der Waals surface area (Å²) in [6.07, 6.45) is 49.0. The van der Waals surface area contributed by atoms with Crippen LogP contribution in [0.4, 0.5) is 0 Å². The van der Waals surface area contributed by atoms with E-state index in [9.17, 15) is 14.3 Å². The lowest BCUT2D eigenvalue weighted by molar-refractivity contribution is -0.870. The molecule has 0 aliphatic carbocycles. The Morgan fingerprint density at radius 1 is 0.582 bits per heavy atom. The molecular formula is C46H84NO7P. The zero-order chi connectivity index (χ0) is 40.6. The molecular weight excluding hydrogens is 709 g/mol. The summed E-state index contributed by atoms with van der Waals surface area (Å²) in [5.41, 5.74) is 0. The van der Waals surface area contributed by atoms with E-state index in [1.54, 1.807) is 6.26 Å². The fourth-order valence-electron chi connectivity index (χ4n) is 5.68. The number of esters is 1. The summed E-state index contributed by atoms with van der Waals surface area (Å²) < 4.78 is 34.3. The molecule has 0 saturated carbocycles. The van der Waals surface area contributed by atoms with Crippen LogP contribution < -0.4 is 4.89 Å². The normalized spacial score (nSPS) is 14.3. The van der Waals surface area contributed by atoms with Crippen molar-refractivity contribution in [2.75, 3.05) is 47.5 Å². The maximum Gasteiger partial charge on any atom is 0.306 e. The number of likely N-dealkylation sites (N-methyl/N-ethyl adjacent to an activating group) is 1. The van der Waals surface area contributed by atoms with E-state index in [1.807, 2.05) is 27.2 Å². The van der Waals surface area contributed by atoms with Crippen molar-refractivity contribution in [1.29, 1.82) is 0 Å². The highest BCUT2D eigenvalue weighted by atomic mass is 31.2. The van der Waals surface area contributed by atoms with Crippen molar-refractivity contribution in [3.63, 3.8) is 0 Å². The predicted molar refractivity (Wildman–Crippen MR) is 231 cm³/mol. The summed E-state index contributed by atoms with van der Waals surface area (Å²) in [7, 11) is 1.29. The number of phosphoric ester groups is 1. The molecule has 320 valence electrons. The van der Waals surface area contributed by atoms with Crippen LogP contribution in [0.5, 0.6) is 0 Å². The quantitative estimate of drug-likeness (QED) is 0.0152. The van der Waals surface area contributed by atoms with Crippen LogP contribution in [0.3, 0.4) is 0 Å². The number of hydrogen-bond donors (Lipinski definition) is 0. The van der Waals surface area contributed by atoms with Gasteiger partial charge in [-0.1, -0.05) is 159 Å². The predicted octanol–water partition coefficient (Wildman–Crippen LogP) is 12.7. The fraction of sp³-hybridized carbons (Fsp3) is 0.761. The van der Waals surface area contributed by atoms with Gasteiger partial charge >= 0.3 is 5.97 Å². The molecule has 0 rings (SSSR count). The lowest BCUT2D eigenvalue weighted by atomic mass is 10.0. The Hall–Kier alpha value is -1.96. The number of hydrogen-bond acceptors (Lipinski definition) is 7. The molecule has 0 bridgehead atoms. The van der Waals surface area contributed by atoms with Gasteiger partial charge in [0.05, 0.1) is 34.0 Å².